The first-order chi connectivity index (χ1) is 13.1. The molecule has 0 spiro atoms. The van der Waals surface area contributed by atoms with Crippen molar-refractivity contribution in [1.82, 2.24) is 25.4 Å². The number of alkyl halides is 3. The summed E-state index contributed by atoms with van der Waals surface area (Å²) in [4.78, 5) is 4.45. The van der Waals surface area contributed by atoms with E-state index in [-0.39, 0.29) is 36.1 Å². The smallest absolute Gasteiger partial charge is 0.355 e. The highest BCUT2D eigenvalue weighted by molar-refractivity contribution is 14.0. The number of rotatable bonds is 6. The van der Waals surface area contributed by atoms with E-state index in [1.54, 1.807) is 12.4 Å². The topological polar surface area (TPSA) is 67.1 Å². The molecular weight excluding hydrogens is 496 g/mol. The number of aliphatic imine (C=N–C) groups is 1. The van der Waals surface area contributed by atoms with Crippen LogP contribution >= 0.6 is 24.0 Å². The minimum Gasteiger partial charge on any atom is -0.355 e. The number of guanidine groups is 1. The van der Waals surface area contributed by atoms with Crippen LogP contribution < -0.4 is 10.6 Å². The van der Waals surface area contributed by atoms with E-state index in [0.717, 1.165) is 24.4 Å². The third-order valence-electron chi connectivity index (χ3n) is 3.82. The summed E-state index contributed by atoms with van der Waals surface area (Å²) < 4.78 is 40.6. The highest BCUT2D eigenvalue weighted by Crippen LogP contribution is 2.29. The van der Waals surface area contributed by atoms with E-state index in [9.17, 15) is 13.2 Å². The lowest BCUT2D eigenvalue weighted by atomic mass is 10.1. The van der Waals surface area contributed by atoms with Gasteiger partial charge in [0, 0.05) is 25.0 Å². The van der Waals surface area contributed by atoms with Crippen LogP contribution in [0.25, 0.3) is 0 Å². The van der Waals surface area contributed by atoms with Gasteiger partial charge in [-0.15, -0.1) is 34.2 Å². The fourth-order valence-electron chi connectivity index (χ4n) is 2.55. The third-order valence-corrected chi connectivity index (χ3v) is 3.82. The van der Waals surface area contributed by atoms with Gasteiger partial charge in [-0.25, -0.2) is 4.99 Å². The van der Waals surface area contributed by atoms with Crippen molar-refractivity contribution in [3.05, 3.63) is 47.5 Å². The van der Waals surface area contributed by atoms with Gasteiger partial charge in [-0.3, -0.25) is 0 Å². The van der Waals surface area contributed by atoms with Crippen LogP contribution in [0.4, 0.5) is 13.2 Å². The molecule has 10 heteroatoms. The zero-order valence-electron chi connectivity index (χ0n) is 17.0. The zero-order chi connectivity index (χ0) is 20.8. The maximum absolute atomic E-state index is 12.9. The lowest BCUT2D eigenvalue weighted by Crippen LogP contribution is -2.48. The molecule has 162 valence electrons. The van der Waals surface area contributed by atoms with Crippen molar-refractivity contribution in [3.63, 3.8) is 0 Å². The van der Waals surface area contributed by atoms with Crippen molar-refractivity contribution in [3.8, 4) is 0 Å². The normalized spacial score (nSPS) is 12.4. The summed E-state index contributed by atoms with van der Waals surface area (Å²) >= 11 is 0. The molecule has 0 unspecified atom stereocenters. The molecule has 0 bridgehead atoms. The molecule has 0 saturated carbocycles. The van der Waals surface area contributed by atoms with Gasteiger partial charge < -0.3 is 15.2 Å². The molecule has 0 aliphatic carbocycles. The van der Waals surface area contributed by atoms with Crippen LogP contribution in [0.3, 0.4) is 0 Å². The van der Waals surface area contributed by atoms with Gasteiger partial charge in [0.15, 0.2) is 5.96 Å². The summed E-state index contributed by atoms with van der Waals surface area (Å²) in [6.45, 7) is 9.36. The van der Waals surface area contributed by atoms with Gasteiger partial charge in [0.2, 0.25) is 0 Å². The van der Waals surface area contributed by atoms with E-state index in [1.165, 1.54) is 6.07 Å². The first-order valence-electron chi connectivity index (χ1n) is 9.18. The van der Waals surface area contributed by atoms with Crippen LogP contribution in [0.15, 0.2) is 35.6 Å². The van der Waals surface area contributed by atoms with Gasteiger partial charge in [-0.1, -0.05) is 19.1 Å². The Morgan fingerprint density at radius 3 is 2.55 bits per heavy atom. The van der Waals surface area contributed by atoms with Crippen LogP contribution in [0, 0.1) is 0 Å². The molecule has 2 aromatic rings. The monoisotopic (exact) mass is 524 g/mol. The molecule has 0 amide bonds. The first kappa shape index (κ1) is 25.2. The quantitative estimate of drug-likeness (QED) is 0.341. The maximum atomic E-state index is 12.9. The Labute approximate surface area is 186 Å². The number of nitrogens with one attached hydrogen (secondary N) is 2. The second kappa shape index (κ2) is 10.8. The molecular formula is C19H28F3IN6. The van der Waals surface area contributed by atoms with Gasteiger partial charge >= 0.3 is 6.18 Å². The van der Waals surface area contributed by atoms with Gasteiger partial charge in [0.05, 0.1) is 12.1 Å². The van der Waals surface area contributed by atoms with Crippen molar-refractivity contribution >= 4 is 29.9 Å². The van der Waals surface area contributed by atoms with E-state index in [4.69, 9.17) is 0 Å². The number of hydrogen-bond acceptors (Lipinski definition) is 3. The molecule has 1 heterocycles. The van der Waals surface area contributed by atoms with Crippen molar-refractivity contribution in [2.45, 2.75) is 58.9 Å². The van der Waals surface area contributed by atoms with E-state index >= 15 is 0 Å². The standard InChI is InChI=1S/C19H27F3N6.HI/c1-5-16-27-25-13-28(16)10-9-23-17(26-18(2,3)4)24-12-14-7-6-8-15(11-14)19(20,21)22;/h6-8,11,13H,5,9-10,12H2,1-4H3,(H2,23,24,26);1H. The summed E-state index contributed by atoms with van der Waals surface area (Å²) in [6, 6.07) is 5.22. The molecule has 1 aromatic carbocycles. The molecule has 0 aliphatic heterocycles. The molecule has 2 N–H and O–H groups in total. The zero-order valence-corrected chi connectivity index (χ0v) is 19.4. The Morgan fingerprint density at radius 1 is 1.21 bits per heavy atom. The molecule has 0 atom stereocenters. The largest absolute Gasteiger partial charge is 0.416 e. The van der Waals surface area contributed by atoms with Crippen molar-refractivity contribution in [2.75, 3.05) is 6.54 Å². The average Bonchev–Trinajstić information content (AvgIpc) is 3.05. The van der Waals surface area contributed by atoms with Crippen LogP contribution in [0.1, 0.15) is 44.6 Å². The molecule has 2 rings (SSSR count). The van der Waals surface area contributed by atoms with E-state index < -0.39 is 11.7 Å². The van der Waals surface area contributed by atoms with Crippen molar-refractivity contribution < 1.29 is 13.2 Å². The fourth-order valence-corrected chi connectivity index (χ4v) is 2.55. The highest BCUT2D eigenvalue weighted by Gasteiger charge is 2.30. The fraction of sp³-hybridized carbons (Fsp3) is 0.526. The van der Waals surface area contributed by atoms with Gasteiger partial charge in [-0.2, -0.15) is 13.2 Å². The number of nitrogens with zero attached hydrogens (tertiary/aromatic N) is 4. The minimum absolute atomic E-state index is 0. The lowest BCUT2D eigenvalue weighted by molar-refractivity contribution is -0.137. The van der Waals surface area contributed by atoms with Gasteiger partial charge in [-0.05, 0) is 38.5 Å². The highest BCUT2D eigenvalue weighted by atomic mass is 127. The van der Waals surface area contributed by atoms with Crippen LogP contribution in [-0.2, 0) is 25.7 Å². The summed E-state index contributed by atoms with van der Waals surface area (Å²) in [5.74, 6) is 1.43. The molecule has 0 saturated heterocycles. The molecule has 0 aliphatic rings. The summed E-state index contributed by atoms with van der Waals surface area (Å²) in [5.41, 5.74) is -0.416. The average molecular weight is 524 g/mol. The molecule has 0 radical (unpaired) electrons. The van der Waals surface area contributed by atoms with Crippen molar-refractivity contribution in [2.24, 2.45) is 4.99 Å². The van der Waals surface area contributed by atoms with E-state index in [2.05, 4.69) is 25.8 Å². The molecule has 1 aromatic heterocycles. The number of aryl methyl sites for hydroxylation is 1. The Balaban J connectivity index is 0.00000420. The molecule has 6 nitrogen and oxygen atoms in total. The Morgan fingerprint density at radius 2 is 1.93 bits per heavy atom. The van der Waals surface area contributed by atoms with Gasteiger partial charge in [0.1, 0.15) is 12.2 Å². The Kier molecular flexibility index (Phi) is 9.37. The Hall–Kier alpha value is -1.85. The summed E-state index contributed by atoms with van der Waals surface area (Å²) in [5, 5.41) is 14.4. The SMILES string of the molecule is CCc1nncn1CCNC(=NCc1cccc(C(F)(F)F)c1)NC(C)(C)C.I. The summed E-state index contributed by atoms with van der Waals surface area (Å²) in [6.07, 6.45) is -1.89. The predicted octanol–water partition coefficient (Wildman–Crippen LogP) is 4.01. The predicted molar refractivity (Wildman–Crippen MR) is 118 cm³/mol. The summed E-state index contributed by atoms with van der Waals surface area (Å²) in [7, 11) is 0. The van der Waals surface area contributed by atoms with Crippen LogP contribution in [-0.4, -0.2) is 32.8 Å². The maximum Gasteiger partial charge on any atom is 0.416 e. The number of aromatic nitrogens is 3. The first-order valence-corrected chi connectivity index (χ1v) is 9.18. The Bertz CT molecular complexity index is 796. The third kappa shape index (κ3) is 8.58. The van der Waals surface area contributed by atoms with Crippen molar-refractivity contribution in [1.29, 1.82) is 0 Å². The molecule has 29 heavy (non-hydrogen) atoms. The second-order valence-electron chi connectivity index (χ2n) is 7.46. The number of halogens is 4. The number of hydrogen-bond donors (Lipinski definition) is 2. The van der Waals surface area contributed by atoms with Crippen LogP contribution in [0.5, 0.6) is 0 Å². The van der Waals surface area contributed by atoms with E-state index in [0.29, 0.717) is 24.6 Å². The number of benzene rings is 1. The van der Waals surface area contributed by atoms with Gasteiger partial charge in [0.25, 0.3) is 0 Å². The second-order valence-corrected chi connectivity index (χ2v) is 7.46. The lowest BCUT2D eigenvalue weighted by Gasteiger charge is -2.24. The minimum atomic E-state index is -4.36. The molecule has 0 fully saturated rings. The van der Waals surface area contributed by atoms with Crippen LogP contribution in [0.2, 0.25) is 0 Å². The van der Waals surface area contributed by atoms with E-state index in [1.807, 2.05) is 32.3 Å².